The minimum Gasteiger partial charge on any atom is -0.367 e. The van der Waals surface area contributed by atoms with E-state index in [1.54, 1.807) is 11.1 Å². The van der Waals surface area contributed by atoms with Gasteiger partial charge in [0.2, 0.25) is 0 Å². The Morgan fingerprint density at radius 1 is 1.11 bits per heavy atom. The molecule has 1 aromatic rings. The fourth-order valence-electron chi connectivity index (χ4n) is 2.61. The standard InChI is InChI=1S/C14H20FN3O/c15-13-11-12(18-7-1-2-10-19-18)3-4-14(13)17-8-5-16-6-9-17/h3-4,11,16H,1-2,5-10H2. The Bertz CT molecular complexity index is 429. The van der Waals surface area contributed by atoms with Crippen LogP contribution in [0.3, 0.4) is 0 Å². The first kappa shape index (κ1) is 12.7. The van der Waals surface area contributed by atoms with Crippen LogP contribution in [0.4, 0.5) is 15.8 Å². The fourth-order valence-corrected chi connectivity index (χ4v) is 2.61. The molecule has 2 aliphatic heterocycles. The zero-order valence-electron chi connectivity index (χ0n) is 11.1. The summed E-state index contributed by atoms with van der Waals surface area (Å²) in [6.07, 6.45) is 2.18. The van der Waals surface area contributed by atoms with Gasteiger partial charge in [0.15, 0.2) is 0 Å². The Hall–Kier alpha value is -1.33. The molecule has 0 spiro atoms. The van der Waals surface area contributed by atoms with Gasteiger partial charge in [0.25, 0.3) is 0 Å². The van der Waals surface area contributed by atoms with Crippen LogP contribution in [0, 0.1) is 5.82 Å². The smallest absolute Gasteiger partial charge is 0.148 e. The van der Waals surface area contributed by atoms with Gasteiger partial charge in [-0.2, -0.15) is 0 Å². The largest absolute Gasteiger partial charge is 0.367 e. The van der Waals surface area contributed by atoms with Gasteiger partial charge in [-0.25, -0.2) is 4.39 Å². The number of rotatable bonds is 2. The molecule has 2 heterocycles. The lowest BCUT2D eigenvalue weighted by atomic mass is 10.2. The first-order chi connectivity index (χ1) is 9.34. The van der Waals surface area contributed by atoms with Crippen molar-refractivity contribution in [1.82, 2.24) is 5.32 Å². The van der Waals surface area contributed by atoms with Crippen molar-refractivity contribution in [3.05, 3.63) is 24.0 Å². The van der Waals surface area contributed by atoms with E-state index in [9.17, 15) is 4.39 Å². The van der Waals surface area contributed by atoms with Crippen molar-refractivity contribution in [3.63, 3.8) is 0 Å². The summed E-state index contributed by atoms with van der Waals surface area (Å²) >= 11 is 0. The minimum atomic E-state index is -0.159. The van der Waals surface area contributed by atoms with Gasteiger partial charge in [-0.15, -0.1) is 0 Å². The fraction of sp³-hybridized carbons (Fsp3) is 0.571. The van der Waals surface area contributed by atoms with Gasteiger partial charge in [-0.1, -0.05) is 0 Å². The number of anilines is 2. The molecule has 0 aromatic heterocycles. The average molecular weight is 265 g/mol. The zero-order chi connectivity index (χ0) is 13.1. The van der Waals surface area contributed by atoms with E-state index in [0.717, 1.165) is 57.9 Å². The van der Waals surface area contributed by atoms with Crippen molar-refractivity contribution < 1.29 is 9.23 Å². The van der Waals surface area contributed by atoms with Crippen molar-refractivity contribution in [1.29, 1.82) is 0 Å². The van der Waals surface area contributed by atoms with Crippen molar-refractivity contribution in [2.24, 2.45) is 0 Å². The first-order valence-electron chi connectivity index (χ1n) is 7.00. The molecule has 2 fully saturated rings. The van der Waals surface area contributed by atoms with E-state index < -0.39 is 0 Å². The van der Waals surface area contributed by atoms with Crippen LogP contribution in [0.2, 0.25) is 0 Å². The second-order valence-corrected chi connectivity index (χ2v) is 5.02. The van der Waals surface area contributed by atoms with Crippen LogP contribution in [0.25, 0.3) is 0 Å². The van der Waals surface area contributed by atoms with Gasteiger partial charge in [0.1, 0.15) is 5.82 Å². The molecule has 4 nitrogen and oxygen atoms in total. The maximum absolute atomic E-state index is 14.2. The molecule has 0 amide bonds. The highest BCUT2D eigenvalue weighted by atomic mass is 19.1. The lowest BCUT2D eigenvalue weighted by Gasteiger charge is -2.31. The van der Waals surface area contributed by atoms with Crippen LogP contribution in [0.15, 0.2) is 18.2 Å². The maximum atomic E-state index is 14.2. The summed E-state index contributed by atoms with van der Waals surface area (Å²) in [5.74, 6) is -0.159. The number of halogens is 1. The Morgan fingerprint density at radius 2 is 1.95 bits per heavy atom. The van der Waals surface area contributed by atoms with Gasteiger partial charge in [0.05, 0.1) is 18.0 Å². The Labute approximate surface area is 113 Å². The summed E-state index contributed by atoms with van der Waals surface area (Å²) in [5, 5.41) is 5.07. The summed E-state index contributed by atoms with van der Waals surface area (Å²) in [6, 6.07) is 5.41. The third-order valence-corrected chi connectivity index (χ3v) is 3.68. The van der Waals surface area contributed by atoms with Crippen LogP contribution in [-0.4, -0.2) is 39.3 Å². The third kappa shape index (κ3) is 2.82. The molecule has 3 rings (SSSR count). The molecule has 0 atom stereocenters. The average Bonchev–Trinajstić information content (AvgIpc) is 2.49. The molecular formula is C14H20FN3O. The lowest BCUT2D eigenvalue weighted by Crippen LogP contribution is -2.43. The predicted octanol–water partition coefficient (Wildman–Crippen LogP) is 1.77. The quantitative estimate of drug-likeness (QED) is 0.882. The van der Waals surface area contributed by atoms with E-state index in [1.807, 2.05) is 12.1 Å². The topological polar surface area (TPSA) is 27.7 Å². The van der Waals surface area contributed by atoms with Crippen LogP contribution in [-0.2, 0) is 4.84 Å². The van der Waals surface area contributed by atoms with Crippen LogP contribution in [0.5, 0.6) is 0 Å². The molecule has 1 N–H and O–H groups in total. The molecule has 0 unspecified atom stereocenters. The number of nitrogens with one attached hydrogen (secondary N) is 1. The predicted molar refractivity (Wildman–Crippen MR) is 74.0 cm³/mol. The first-order valence-corrected chi connectivity index (χ1v) is 7.00. The van der Waals surface area contributed by atoms with Crippen molar-refractivity contribution >= 4 is 11.4 Å². The van der Waals surface area contributed by atoms with Crippen LogP contribution >= 0.6 is 0 Å². The number of piperazine rings is 1. The van der Waals surface area contributed by atoms with E-state index in [4.69, 9.17) is 4.84 Å². The maximum Gasteiger partial charge on any atom is 0.148 e. The summed E-state index contributed by atoms with van der Waals surface area (Å²) in [7, 11) is 0. The zero-order valence-corrected chi connectivity index (χ0v) is 11.1. The van der Waals surface area contributed by atoms with Gasteiger partial charge in [-0.3, -0.25) is 9.90 Å². The monoisotopic (exact) mass is 265 g/mol. The molecule has 0 bridgehead atoms. The van der Waals surface area contributed by atoms with E-state index in [-0.39, 0.29) is 5.82 Å². The molecule has 5 heteroatoms. The number of hydrogen-bond acceptors (Lipinski definition) is 4. The molecule has 2 saturated heterocycles. The number of benzene rings is 1. The molecule has 0 radical (unpaired) electrons. The third-order valence-electron chi connectivity index (χ3n) is 3.68. The molecular weight excluding hydrogens is 245 g/mol. The number of nitrogens with zero attached hydrogens (tertiary/aromatic N) is 2. The molecule has 0 aliphatic carbocycles. The molecule has 19 heavy (non-hydrogen) atoms. The Balaban J connectivity index is 1.76. The van der Waals surface area contributed by atoms with Gasteiger partial charge >= 0.3 is 0 Å². The van der Waals surface area contributed by atoms with Gasteiger partial charge in [-0.05, 0) is 25.0 Å². The Kier molecular flexibility index (Phi) is 3.84. The van der Waals surface area contributed by atoms with E-state index in [1.165, 1.54) is 0 Å². The van der Waals surface area contributed by atoms with Crippen LogP contribution in [0.1, 0.15) is 12.8 Å². The van der Waals surface area contributed by atoms with Gasteiger partial charge < -0.3 is 10.2 Å². The van der Waals surface area contributed by atoms with E-state index in [0.29, 0.717) is 5.69 Å². The number of hydroxylamine groups is 1. The molecule has 2 aliphatic rings. The van der Waals surface area contributed by atoms with Crippen molar-refractivity contribution in [3.8, 4) is 0 Å². The summed E-state index contributed by atoms with van der Waals surface area (Å²) in [4.78, 5) is 7.64. The highest BCUT2D eigenvalue weighted by molar-refractivity contribution is 5.57. The second-order valence-electron chi connectivity index (χ2n) is 5.02. The van der Waals surface area contributed by atoms with E-state index in [2.05, 4.69) is 10.2 Å². The summed E-state index contributed by atoms with van der Waals surface area (Å²) < 4.78 is 14.2. The summed E-state index contributed by atoms with van der Waals surface area (Å²) in [5.41, 5.74) is 1.51. The Morgan fingerprint density at radius 3 is 2.63 bits per heavy atom. The van der Waals surface area contributed by atoms with Crippen LogP contribution < -0.4 is 15.3 Å². The summed E-state index contributed by atoms with van der Waals surface area (Å²) in [6.45, 7) is 5.10. The normalized spacial score (nSPS) is 20.7. The molecule has 104 valence electrons. The highest BCUT2D eigenvalue weighted by Gasteiger charge is 2.17. The molecule has 0 saturated carbocycles. The van der Waals surface area contributed by atoms with Crippen molar-refractivity contribution in [2.75, 3.05) is 49.3 Å². The van der Waals surface area contributed by atoms with Gasteiger partial charge in [0, 0.05) is 38.8 Å². The number of hydrogen-bond donors (Lipinski definition) is 1. The van der Waals surface area contributed by atoms with Crippen molar-refractivity contribution in [2.45, 2.75) is 12.8 Å². The lowest BCUT2D eigenvalue weighted by molar-refractivity contribution is 0.0777. The highest BCUT2D eigenvalue weighted by Crippen LogP contribution is 2.26. The minimum absolute atomic E-state index is 0.159. The SMILES string of the molecule is Fc1cc(N2CCCCO2)ccc1N1CCNCC1. The second kappa shape index (κ2) is 5.75. The van der Waals surface area contributed by atoms with E-state index >= 15 is 0 Å². The molecule has 1 aromatic carbocycles.